The summed E-state index contributed by atoms with van der Waals surface area (Å²) in [6.45, 7) is 2.52. The molecule has 7 nitrogen and oxygen atoms in total. The molecule has 1 fully saturated rings. The highest BCUT2D eigenvalue weighted by Gasteiger charge is 2.25. The highest BCUT2D eigenvalue weighted by Crippen LogP contribution is 2.21. The third-order valence-corrected chi connectivity index (χ3v) is 4.24. The quantitative estimate of drug-likeness (QED) is 0.676. The highest BCUT2D eigenvalue weighted by molar-refractivity contribution is 5.98. The Bertz CT molecular complexity index is 796. The Morgan fingerprint density at radius 2 is 2.17 bits per heavy atom. The van der Waals surface area contributed by atoms with E-state index in [1.54, 1.807) is 0 Å². The number of urea groups is 1. The number of aryl methyl sites for hydroxylation is 1. The molecule has 2 heterocycles. The molecule has 0 aliphatic carbocycles. The summed E-state index contributed by atoms with van der Waals surface area (Å²) in [6, 6.07) is 4.82. The van der Waals surface area contributed by atoms with Gasteiger partial charge in [0.15, 0.2) is 0 Å². The molecule has 7 heteroatoms. The average molecular weight is 328 g/mol. The SMILES string of the molecule is Cc1cccc2c(CCNC(=O)[C@H]3CCC(=O)NC(=O)N3)c[nH]c12. The Balaban J connectivity index is 1.57. The number of H-pyrrole nitrogens is 1. The summed E-state index contributed by atoms with van der Waals surface area (Å²) in [5, 5.41) is 8.64. The number of carbonyl (C=O) groups is 3. The van der Waals surface area contributed by atoms with Gasteiger partial charge in [0, 0.05) is 30.1 Å². The second-order valence-electron chi connectivity index (χ2n) is 5.97. The predicted molar refractivity (Wildman–Crippen MR) is 89.4 cm³/mol. The van der Waals surface area contributed by atoms with Crippen molar-refractivity contribution in [2.75, 3.05) is 6.54 Å². The van der Waals surface area contributed by atoms with E-state index in [1.807, 2.05) is 12.3 Å². The second-order valence-corrected chi connectivity index (χ2v) is 5.97. The number of fused-ring (bicyclic) bond motifs is 1. The van der Waals surface area contributed by atoms with Crippen molar-refractivity contribution < 1.29 is 14.4 Å². The Kier molecular flexibility index (Phi) is 4.50. The van der Waals surface area contributed by atoms with E-state index < -0.39 is 12.1 Å². The number of hydrogen-bond acceptors (Lipinski definition) is 3. The molecule has 24 heavy (non-hydrogen) atoms. The van der Waals surface area contributed by atoms with Gasteiger partial charge in [-0.15, -0.1) is 0 Å². The molecular formula is C17H20N4O3. The Morgan fingerprint density at radius 3 is 3.00 bits per heavy atom. The fourth-order valence-corrected chi connectivity index (χ4v) is 2.94. The van der Waals surface area contributed by atoms with E-state index in [2.05, 4.69) is 40.0 Å². The van der Waals surface area contributed by atoms with E-state index in [0.717, 1.165) is 16.5 Å². The lowest BCUT2D eigenvalue weighted by molar-refractivity contribution is -0.123. The summed E-state index contributed by atoms with van der Waals surface area (Å²) in [5.41, 5.74) is 3.43. The van der Waals surface area contributed by atoms with E-state index in [9.17, 15) is 14.4 Å². The van der Waals surface area contributed by atoms with Crippen LogP contribution in [-0.2, 0) is 16.0 Å². The maximum Gasteiger partial charge on any atom is 0.322 e. The summed E-state index contributed by atoms with van der Waals surface area (Å²) in [5.74, 6) is -0.632. The molecule has 0 saturated carbocycles. The molecule has 3 rings (SSSR count). The van der Waals surface area contributed by atoms with Crippen molar-refractivity contribution in [3.8, 4) is 0 Å². The molecule has 0 bridgehead atoms. The van der Waals surface area contributed by atoms with Gasteiger partial charge in [-0.2, -0.15) is 0 Å². The van der Waals surface area contributed by atoms with Gasteiger partial charge in [0.25, 0.3) is 0 Å². The molecule has 1 aromatic heterocycles. The van der Waals surface area contributed by atoms with Gasteiger partial charge in [-0.1, -0.05) is 18.2 Å². The first-order chi connectivity index (χ1) is 11.5. The van der Waals surface area contributed by atoms with Gasteiger partial charge >= 0.3 is 6.03 Å². The van der Waals surface area contributed by atoms with Crippen LogP contribution in [0.2, 0.25) is 0 Å². The van der Waals surface area contributed by atoms with E-state index in [4.69, 9.17) is 0 Å². The van der Waals surface area contributed by atoms with Crippen molar-refractivity contribution >= 4 is 28.7 Å². The van der Waals surface area contributed by atoms with Crippen LogP contribution in [0, 0.1) is 6.92 Å². The van der Waals surface area contributed by atoms with Crippen molar-refractivity contribution in [2.24, 2.45) is 0 Å². The summed E-state index contributed by atoms with van der Waals surface area (Å²) >= 11 is 0. The number of rotatable bonds is 4. The van der Waals surface area contributed by atoms with Gasteiger partial charge in [0.05, 0.1) is 0 Å². The minimum atomic E-state index is -0.679. The van der Waals surface area contributed by atoms with Crippen LogP contribution < -0.4 is 16.0 Å². The van der Waals surface area contributed by atoms with E-state index in [1.165, 1.54) is 5.56 Å². The number of nitrogens with one attached hydrogen (secondary N) is 4. The number of carbonyl (C=O) groups excluding carboxylic acids is 3. The Morgan fingerprint density at radius 1 is 1.33 bits per heavy atom. The highest BCUT2D eigenvalue weighted by atomic mass is 16.2. The van der Waals surface area contributed by atoms with Crippen LogP contribution >= 0.6 is 0 Å². The minimum Gasteiger partial charge on any atom is -0.361 e. The number of benzene rings is 1. The molecule has 126 valence electrons. The number of aromatic amines is 1. The summed E-state index contributed by atoms with van der Waals surface area (Å²) < 4.78 is 0. The lowest BCUT2D eigenvalue weighted by Crippen LogP contribution is -2.48. The topological polar surface area (TPSA) is 103 Å². The monoisotopic (exact) mass is 328 g/mol. The van der Waals surface area contributed by atoms with Crippen molar-refractivity contribution in [2.45, 2.75) is 32.2 Å². The maximum atomic E-state index is 12.2. The van der Waals surface area contributed by atoms with Gasteiger partial charge in [-0.3, -0.25) is 14.9 Å². The lowest BCUT2D eigenvalue weighted by Gasteiger charge is -2.14. The van der Waals surface area contributed by atoms with E-state index >= 15 is 0 Å². The van der Waals surface area contributed by atoms with E-state index in [-0.39, 0.29) is 18.2 Å². The third kappa shape index (κ3) is 3.40. The van der Waals surface area contributed by atoms with Crippen LogP contribution in [0.5, 0.6) is 0 Å². The fraction of sp³-hybridized carbons (Fsp3) is 0.353. The van der Waals surface area contributed by atoms with Crippen LogP contribution in [0.15, 0.2) is 24.4 Å². The molecule has 1 aliphatic rings. The molecular weight excluding hydrogens is 308 g/mol. The molecule has 4 N–H and O–H groups in total. The average Bonchev–Trinajstić information content (AvgIpc) is 2.87. The minimum absolute atomic E-state index is 0.151. The normalized spacial score (nSPS) is 18.0. The van der Waals surface area contributed by atoms with Crippen LogP contribution in [-0.4, -0.2) is 35.4 Å². The molecule has 1 aromatic carbocycles. The predicted octanol–water partition coefficient (Wildman–Crippen LogP) is 1.12. The molecule has 1 aliphatic heterocycles. The number of amides is 4. The van der Waals surface area contributed by atoms with Crippen molar-refractivity contribution in [1.29, 1.82) is 0 Å². The zero-order valence-corrected chi connectivity index (χ0v) is 13.4. The molecule has 0 spiro atoms. The smallest absolute Gasteiger partial charge is 0.322 e. The molecule has 1 saturated heterocycles. The van der Waals surface area contributed by atoms with Gasteiger partial charge in [-0.05, 0) is 30.9 Å². The summed E-state index contributed by atoms with van der Waals surface area (Å²) in [6.07, 6.45) is 3.10. The van der Waals surface area contributed by atoms with Gasteiger partial charge < -0.3 is 15.6 Å². The van der Waals surface area contributed by atoms with Crippen molar-refractivity contribution in [1.82, 2.24) is 20.9 Å². The van der Waals surface area contributed by atoms with Gasteiger partial charge in [0.1, 0.15) is 6.04 Å². The summed E-state index contributed by atoms with van der Waals surface area (Å²) in [7, 11) is 0. The second kappa shape index (κ2) is 6.74. The van der Waals surface area contributed by atoms with Crippen LogP contribution in [0.3, 0.4) is 0 Å². The molecule has 1 atom stereocenters. The molecule has 4 amide bonds. The first kappa shape index (κ1) is 16.0. The molecule has 0 radical (unpaired) electrons. The van der Waals surface area contributed by atoms with Gasteiger partial charge in [-0.25, -0.2) is 4.79 Å². The molecule has 0 unspecified atom stereocenters. The Hall–Kier alpha value is -2.83. The van der Waals surface area contributed by atoms with E-state index in [0.29, 0.717) is 19.4 Å². The Labute approximate surface area is 139 Å². The first-order valence-electron chi connectivity index (χ1n) is 7.98. The van der Waals surface area contributed by atoms with Crippen LogP contribution in [0.1, 0.15) is 24.0 Å². The number of imide groups is 1. The maximum absolute atomic E-state index is 12.2. The number of para-hydroxylation sites is 1. The van der Waals surface area contributed by atoms with Gasteiger partial charge in [0.2, 0.25) is 11.8 Å². The summed E-state index contributed by atoms with van der Waals surface area (Å²) in [4.78, 5) is 38.1. The molecule has 2 aromatic rings. The fourth-order valence-electron chi connectivity index (χ4n) is 2.94. The zero-order chi connectivity index (χ0) is 17.1. The standard InChI is InChI=1S/C17H20N4O3/c1-10-3-2-4-12-11(9-19-15(10)12)7-8-18-16(23)13-5-6-14(22)21-17(24)20-13/h2-4,9,13,19H,5-8H2,1H3,(H,18,23)(H2,20,21,22,24)/t13-/m1/s1. The third-order valence-electron chi connectivity index (χ3n) is 4.24. The largest absolute Gasteiger partial charge is 0.361 e. The first-order valence-corrected chi connectivity index (χ1v) is 7.98. The van der Waals surface area contributed by atoms with Crippen LogP contribution in [0.4, 0.5) is 4.79 Å². The number of hydrogen-bond donors (Lipinski definition) is 4. The number of aromatic nitrogens is 1. The van der Waals surface area contributed by atoms with Crippen LogP contribution in [0.25, 0.3) is 10.9 Å². The zero-order valence-electron chi connectivity index (χ0n) is 13.4. The lowest BCUT2D eigenvalue weighted by atomic mass is 10.1. The van der Waals surface area contributed by atoms with Crippen molar-refractivity contribution in [3.63, 3.8) is 0 Å². The van der Waals surface area contributed by atoms with Crippen molar-refractivity contribution in [3.05, 3.63) is 35.5 Å².